The van der Waals surface area contributed by atoms with Crippen LogP contribution in [0.1, 0.15) is 53.1 Å². The van der Waals surface area contributed by atoms with Crippen molar-refractivity contribution in [2.45, 2.75) is 53.0 Å². The molecule has 0 spiro atoms. The van der Waals surface area contributed by atoms with Crippen molar-refractivity contribution < 1.29 is 0 Å². The van der Waals surface area contributed by atoms with Gasteiger partial charge in [-0.15, -0.1) is 0 Å². The van der Waals surface area contributed by atoms with Gasteiger partial charge in [0.05, 0.1) is 0 Å². The molecule has 1 aromatic rings. The van der Waals surface area contributed by atoms with Crippen LogP contribution in [0.4, 0.5) is 0 Å². The van der Waals surface area contributed by atoms with Crippen LogP contribution in [0.3, 0.4) is 0 Å². The third kappa shape index (κ3) is 2.55. The summed E-state index contributed by atoms with van der Waals surface area (Å²) < 4.78 is 0. The molecule has 0 amide bonds. The Labute approximate surface area is 106 Å². The second kappa shape index (κ2) is 4.81. The molecule has 0 bridgehead atoms. The van der Waals surface area contributed by atoms with Crippen molar-refractivity contribution in [3.63, 3.8) is 0 Å². The summed E-state index contributed by atoms with van der Waals surface area (Å²) >= 11 is 0. The zero-order valence-electron chi connectivity index (χ0n) is 11.9. The van der Waals surface area contributed by atoms with Gasteiger partial charge >= 0.3 is 0 Å². The third-order valence-corrected chi connectivity index (χ3v) is 4.39. The van der Waals surface area contributed by atoms with Gasteiger partial charge in [0.2, 0.25) is 0 Å². The summed E-state index contributed by atoms with van der Waals surface area (Å²) in [5.41, 5.74) is 7.37. The van der Waals surface area contributed by atoms with Crippen LogP contribution in [0.25, 0.3) is 0 Å². The maximum atomic E-state index is 3.53. The SMILES string of the molecule is CNC(CC1CC1)c1c(C)c(C)cc(C)c1C. The van der Waals surface area contributed by atoms with Crippen LogP contribution in [0.5, 0.6) is 0 Å². The molecule has 1 fully saturated rings. The van der Waals surface area contributed by atoms with Crippen molar-refractivity contribution in [3.8, 4) is 0 Å². The van der Waals surface area contributed by atoms with Crippen LogP contribution in [0.2, 0.25) is 0 Å². The second-order valence-electron chi connectivity index (χ2n) is 5.69. The molecule has 1 nitrogen and oxygen atoms in total. The molecule has 0 aromatic heterocycles. The van der Waals surface area contributed by atoms with E-state index >= 15 is 0 Å². The Balaban J connectivity index is 2.39. The highest BCUT2D eigenvalue weighted by molar-refractivity contribution is 5.45. The van der Waals surface area contributed by atoms with Gasteiger partial charge < -0.3 is 5.32 Å². The third-order valence-electron chi connectivity index (χ3n) is 4.39. The maximum Gasteiger partial charge on any atom is 0.0325 e. The van der Waals surface area contributed by atoms with Gasteiger partial charge in [0.15, 0.2) is 0 Å². The lowest BCUT2D eigenvalue weighted by Gasteiger charge is -2.24. The van der Waals surface area contributed by atoms with E-state index < -0.39 is 0 Å². The first-order chi connectivity index (χ1) is 8.04. The van der Waals surface area contributed by atoms with E-state index in [2.05, 4.69) is 46.1 Å². The largest absolute Gasteiger partial charge is 0.313 e. The first-order valence-electron chi connectivity index (χ1n) is 6.79. The second-order valence-corrected chi connectivity index (χ2v) is 5.69. The molecule has 1 saturated carbocycles. The molecule has 94 valence electrons. The Morgan fingerprint density at radius 2 is 1.65 bits per heavy atom. The standard InChI is InChI=1S/C16H25N/c1-10-8-11(2)13(4)16(12(10)3)15(17-5)9-14-6-7-14/h8,14-15,17H,6-7,9H2,1-5H3. The molecule has 1 N–H and O–H groups in total. The first-order valence-corrected chi connectivity index (χ1v) is 6.79. The fraction of sp³-hybridized carbons (Fsp3) is 0.625. The van der Waals surface area contributed by atoms with Gasteiger partial charge in [0.25, 0.3) is 0 Å². The van der Waals surface area contributed by atoms with Crippen LogP contribution in [-0.2, 0) is 0 Å². The van der Waals surface area contributed by atoms with Gasteiger partial charge in [-0.05, 0) is 74.9 Å². The van der Waals surface area contributed by atoms with Gasteiger partial charge in [-0.1, -0.05) is 18.9 Å². The summed E-state index contributed by atoms with van der Waals surface area (Å²) in [6.07, 6.45) is 4.17. The Morgan fingerprint density at radius 3 is 2.06 bits per heavy atom. The number of nitrogens with one attached hydrogen (secondary N) is 1. The molecule has 0 aliphatic heterocycles. The molecule has 1 heteroatoms. The molecule has 1 atom stereocenters. The predicted molar refractivity (Wildman–Crippen MR) is 74.5 cm³/mol. The van der Waals surface area contributed by atoms with Crippen LogP contribution in [0, 0.1) is 33.6 Å². The zero-order valence-corrected chi connectivity index (χ0v) is 11.9. The van der Waals surface area contributed by atoms with E-state index in [-0.39, 0.29) is 0 Å². The van der Waals surface area contributed by atoms with E-state index in [1.807, 2.05) is 0 Å². The molecule has 0 radical (unpaired) electrons. The summed E-state index contributed by atoms with van der Waals surface area (Å²) in [5, 5.41) is 3.53. The van der Waals surface area contributed by atoms with Crippen molar-refractivity contribution in [2.24, 2.45) is 5.92 Å². The number of hydrogen-bond acceptors (Lipinski definition) is 1. The van der Waals surface area contributed by atoms with Crippen molar-refractivity contribution in [1.82, 2.24) is 5.32 Å². The Bertz CT molecular complexity index is 390. The highest BCUT2D eigenvalue weighted by Crippen LogP contribution is 2.39. The zero-order chi connectivity index (χ0) is 12.6. The fourth-order valence-electron chi connectivity index (χ4n) is 2.84. The molecule has 1 aliphatic rings. The van der Waals surface area contributed by atoms with Gasteiger partial charge in [-0.3, -0.25) is 0 Å². The summed E-state index contributed by atoms with van der Waals surface area (Å²) in [5.74, 6) is 0.965. The number of benzene rings is 1. The quantitative estimate of drug-likeness (QED) is 0.826. The molecular weight excluding hydrogens is 206 g/mol. The molecule has 1 aromatic carbocycles. The van der Waals surface area contributed by atoms with Crippen molar-refractivity contribution in [2.75, 3.05) is 7.05 Å². The molecule has 1 aliphatic carbocycles. The Hall–Kier alpha value is -0.820. The summed E-state index contributed by atoms with van der Waals surface area (Å²) in [6, 6.07) is 2.86. The van der Waals surface area contributed by atoms with Crippen LogP contribution >= 0.6 is 0 Å². The molecule has 2 rings (SSSR count). The molecule has 17 heavy (non-hydrogen) atoms. The van der Waals surface area contributed by atoms with Crippen LogP contribution in [-0.4, -0.2) is 7.05 Å². The van der Waals surface area contributed by atoms with Gasteiger partial charge in [0, 0.05) is 6.04 Å². The van der Waals surface area contributed by atoms with E-state index in [4.69, 9.17) is 0 Å². The maximum absolute atomic E-state index is 3.53. The van der Waals surface area contributed by atoms with Gasteiger partial charge in [-0.2, -0.15) is 0 Å². The highest BCUT2D eigenvalue weighted by Gasteiger charge is 2.27. The van der Waals surface area contributed by atoms with Crippen molar-refractivity contribution in [1.29, 1.82) is 0 Å². The first kappa shape index (κ1) is 12.6. The van der Waals surface area contributed by atoms with Crippen LogP contribution < -0.4 is 5.32 Å². The average molecular weight is 231 g/mol. The lowest BCUT2D eigenvalue weighted by atomic mass is 9.88. The fourth-order valence-corrected chi connectivity index (χ4v) is 2.84. The lowest BCUT2D eigenvalue weighted by molar-refractivity contribution is 0.509. The minimum absolute atomic E-state index is 0.543. The van der Waals surface area contributed by atoms with Gasteiger partial charge in [0.1, 0.15) is 0 Å². The van der Waals surface area contributed by atoms with E-state index in [9.17, 15) is 0 Å². The number of rotatable bonds is 4. The highest BCUT2D eigenvalue weighted by atomic mass is 14.9. The Kier molecular flexibility index (Phi) is 3.58. The monoisotopic (exact) mass is 231 g/mol. The van der Waals surface area contributed by atoms with Gasteiger partial charge in [-0.25, -0.2) is 0 Å². The van der Waals surface area contributed by atoms with Crippen LogP contribution in [0.15, 0.2) is 6.07 Å². The number of hydrogen-bond donors (Lipinski definition) is 1. The number of aryl methyl sites for hydroxylation is 2. The average Bonchev–Trinajstić information content (AvgIpc) is 3.09. The minimum atomic E-state index is 0.543. The molecule has 1 unspecified atom stereocenters. The lowest BCUT2D eigenvalue weighted by Crippen LogP contribution is -2.20. The van der Waals surface area contributed by atoms with E-state index in [1.54, 1.807) is 5.56 Å². The summed E-state index contributed by atoms with van der Waals surface area (Å²) in [7, 11) is 2.10. The summed E-state index contributed by atoms with van der Waals surface area (Å²) in [6.45, 7) is 9.01. The minimum Gasteiger partial charge on any atom is -0.313 e. The smallest absolute Gasteiger partial charge is 0.0325 e. The molecular formula is C16H25N. The van der Waals surface area contributed by atoms with E-state index in [1.165, 1.54) is 41.5 Å². The predicted octanol–water partition coefficient (Wildman–Crippen LogP) is 3.98. The topological polar surface area (TPSA) is 12.0 Å². The van der Waals surface area contributed by atoms with E-state index in [0.29, 0.717) is 6.04 Å². The summed E-state index contributed by atoms with van der Waals surface area (Å²) in [4.78, 5) is 0. The molecule has 0 heterocycles. The van der Waals surface area contributed by atoms with Crippen molar-refractivity contribution in [3.05, 3.63) is 33.9 Å². The Morgan fingerprint density at radius 1 is 1.12 bits per heavy atom. The van der Waals surface area contributed by atoms with Crippen molar-refractivity contribution >= 4 is 0 Å². The normalized spacial score (nSPS) is 17.2. The molecule has 0 saturated heterocycles. The van der Waals surface area contributed by atoms with E-state index in [0.717, 1.165) is 5.92 Å².